The molecule has 0 bridgehead atoms. The summed E-state index contributed by atoms with van der Waals surface area (Å²) in [5, 5.41) is 10.3. The number of fused-ring (bicyclic) bond motifs is 12. The van der Waals surface area contributed by atoms with Crippen LogP contribution in [-0.4, -0.2) is 9.13 Å². The minimum Gasteiger partial charge on any atom is -0.309 e. The van der Waals surface area contributed by atoms with Crippen molar-refractivity contribution in [2.24, 2.45) is 0 Å². The van der Waals surface area contributed by atoms with Crippen molar-refractivity contribution in [3.05, 3.63) is 206 Å². The maximum Gasteiger partial charge on any atom is 0.0541 e. The van der Waals surface area contributed by atoms with Crippen LogP contribution in [0, 0.1) is 0 Å². The molecule has 1 aliphatic rings. The normalized spacial score (nSPS) is 12.3. The highest BCUT2D eigenvalue weighted by atomic mass is 32.1. The van der Waals surface area contributed by atoms with Crippen molar-refractivity contribution in [3.8, 4) is 55.9 Å². The Bertz CT molecular complexity index is 3990. The van der Waals surface area contributed by atoms with Crippen LogP contribution in [0.2, 0.25) is 0 Å². The zero-order valence-electron chi connectivity index (χ0n) is 32.9. The van der Waals surface area contributed by atoms with Gasteiger partial charge in [0.2, 0.25) is 0 Å². The van der Waals surface area contributed by atoms with E-state index in [4.69, 9.17) is 0 Å². The van der Waals surface area contributed by atoms with Crippen LogP contribution < -0.4 is 0 Å². The van der Waals surface area contributed by atoms with Crippen LogP contribution in [-0.2, 0) is 0 Å². The lowest BCUT2D eigenvalue weighted by atomic mass is 9.96. The first-order chi connectivity index (χ1) is 30.2. The Balaban J connectivity index is 0.973. The predicted molar refractivity (Wildman–Crippen MR) is 261 cm³/mol. The Morgan fingerprint density at radius 3 is 1.57 bits per heavy atom. The lowest BCUT2D eigenvalue weighted by Gasteiger charge is -2.14. The van der Waals surface area contributed by atoms with Crippen molar-refractivity contribution in [3.63, 3.8) is 0 Å². The molecule has 10 aromatic carbocycles. The molecule has 3 heteroatoms. The number of hydrogen-bond donors (Lipinski definition) is 0. The molecule has 0 saturated carbocycles. The molecule has 3 aromatic heterocycles. The number of para-hydroxylation sites is 3. The number of benzene rings is 10. The Morgan fingerprint density at radius 2 is 0.869 bits per heavy atom. The molecule has 0 N–H and O–H groups in total. The van der Waals surface area contributed by atoms with E-state index in [0.717, 1.165) is 0 Å². The molecule has 0 amide bonds. The van der Waals surface area contributed by atoms with E-state index in [1.165, 1.54) is 130 Å². The van der Waals surface area contributed by atoms with Crippen molar-refractivity contribution in [1.29, 1.82) is 0 Å². The smallest absolute Gasteiger partial charge is 0.0541 e. The summed E-state index contributed by atoms with van der Waals surface area (Å²) in [5.74, 6) is 0. The van der Waals surface area contributed by atoms with Crippen LogP contribution in [0.4, 0.5) is 0 Å². The quantitative estimate of drug-likeness (QED) is 0.168. The number of nitrogens with zero attached hydrogens (tertiary/aromatic N) is 2. The summed E-state index contributed by atoms with van der Waals surface area (Å²) >= 11 is 1.90. The SMILES string of the molecule is c1ccc(-n2c3ccccc3c3cc(-c4ccc5c(c4)c4ccccc4n5-c4cc(-c5ccc6c(c5)-c5cccc7cccc-6c57)c5sc6ccccc6c5c4)ccc32)cc1. The van der Waals surface area contributed by atoms with Crippen LogP contribution >= 0.6 is 11.3 Å². The van der Waals surface area contributed by atoms with Gasteiger partial charge in [0, 0.05) is 58.7 Å². The van der Waals surface area contributed by atoms with Crippen molar-refractivity contribution in [1.82, 2.24) is 9.13 Å². The van der Waals surface area contributed by atoms with Gasteiger partial charge in [0.25, 0.3) is 0 Å². The fraction of sp³-hybridized carbons (Fsp3) is 0. The third-order valence-corrected chi connectivity index (χ3v) is 14.4. The van der Waals surface area contributed by atoms with Crippen LogP contribution in [0.5, 0.6) is 0 Å². The van der Waals surface area contributed by atoms with E-state index in [-0.39, 0.29) is 0 Å². The van der Waals surface area contributed by atoms with Gasteiger partial charge in [-0.15, -0.1) is 11.3 Å². The molecule has 1 aliphatic carbocycles. The van der Waals surface area contributed by atoms with Gasteiger partial charge in [-0.05, 0) is 123 Å². The Labute approximate surface area is 355 Å². The van der Waals surface area contributed by atoms with Crippen molar-refractivity contribution >= 4 is 85.9 Å². The molecule has 0 atom stereocenters. The number of hydrogen-bond acceptors (Lipinski definition) is 1. The first-order valence-electron chi connectivity index (χ1n) is 21.0. The molecule has 3 heterocycles. The topological polar surface area (TPSA) is 9.86 Å². The fourth-order valence-corrected chi connectivity index (χ4v) is 11.8. The monoisotopic (exact) mass is 790 g/mol. The molecule has 2 nitrogen and oxygen atoms in total. The second-order valence-corrected chi connectivity index (χ2v) is 17.5. The standard InChI is InChI=1S/C58H34N2S/c1-2-14-39(15-3-1)59-52-21-7-4-16-42(52)49-30-36(25-28-54(49)59)37-26-29-55-50(31-37)43-17-5-8-22-53(43)60(55)40-33-47(58-51(34-40)44-18-6-9-23-56(44)61-58)38-24-27-41-45-19-10-12-35-13-11-20-46(57(35)45)48(41)32-38/h1-34H. The zero-order chi connectivity index (χ0) is 39.8. The minimum atomic E-state index is 1.17. The Hall–Kier alpha value is -7.72. The van der Waals surface area contributed by atoms with Crippen molar-refractivity contribution < 1.29 is 0 Å². The summed E-state index contributed by atoms with van der Waals surface area (Å²) in [5.41, 5.74) is 17.4. The van der Waals surface area contributed by atoms with E-state index in [1.54, 1.807) is 0 Å². The van der Waals surface area contributed by atoms with Gasteiger partial charge >= 0.3 is 0 Å². The molecular weight excluding hydrogens is 757 g/mol. The molecule has 13 aromatic rings. The summed E-state index contributed by atoms with van der Waals surface area (Å²) in [6, 6.07) is 76.7. The molecule has 282 valence electrons. The summed E-state index contributed by atoms with van der Waals surface area (Å²) < 4.78 is 7.51. The van der Waals surface area contributed by atoms with E-state index in [2.05, 4.69) is 215 Å². The minimum absolute atomic E-state index is 1.17. The zero-order valence-corrected chi connectivity index (χ0v) is 33.7. The molecular formula is C58H34N2S. The molecule has 0 spiro atoms. The average Bonchev–Trinajstić information content (AvgIpc) is 4.06. The van der Waals surface area contributed by atoms with E-state index in [0.29, 0.717) is 0 Å². The summed E-state index contributed by atoms with van der Waals surface area (Å²) in [4.78, 5) is 0. The Morgan fingerprint density at radius 1 is 0.295 bits per heavy atom. The summed E-state index contributed by atoms with van der Waals surface area (Å²) in [6.45, 7) is 0. The van der Waals surface area contributed by atoms with Gasteiger partial charge in [-0.25, -0.2) is 0 Å². The van der Waals surface area contributed by atoms with Crippen LogP contribution in [0.25, 0.3) is 130 Å². The second-order valence-electron chi connectivity index (χ2n) is 16.4. The highest BCUT2D eigenvalue weighted by Gasteiger charge is 2.24. The predicted octanol–water partition coefficient (Wildman–Crippen LogP) is 16.4. The van der Waals surface area contributed by atoms with E-state index >= 15 is 0 Å². The third-order valence-electron chi connectivity index (χ3n) is 13.2. The highest BCUT2D eigenvalue weighted by molar-refractivity contribution is 7.26. The fourth-order valence-electron chi connectivity index (χ4n) is 10.6. The van der Waals surface area contributed by atoms with Gasteiger partial charge < -0.3 is 9.13 Å². The van der Waals surface area contributed by atoms with Gasteiger partial charge in [0.05, 0.1) is 22.1 Å². The lowest BCUT2D eigenvalue weighted by Crippen LogP contribution is -1.95. The summed E-state index contributed by atoms with van der Waals surface area (Å²) in [6.07, 6.45) is 0. The Kier molecular flexibility index (Phi) is 6.74. The molecule has 0 radical (unpaired) electrons. The molecule has 0 saturated heterocycles. The maximum absolute atomic E-state index is 2.49. The average molecular weight is 791 g/mol. The molecule has 0 fully saturated rings. The van der Waals surface area contributed by atoms with Gasteiger partial charge in [-0.1, -0.05) is 133 Å². The highest BCUT2D eigenvalue weighted by Crippen LogP contribution is 2.50. The van der Waals surface area contributed by atoms with E-state index in [9.17, 15) is 0 Å². The van der Waals surface area contributed by atoms with Gasteiger partial charge in [0.15, 0.2) is 0 Å². The van der Waals surface area contributed by atoms with Crippen molar-refractivity contribution in [2.45, 2.75) is 0 Å². The van der Waals surface area contributed by atoms with E-state index < -0.39 is 0 Å². The molecule has 14 rings (SSSR count). The first kappa shape index (κ1) is 33.1. The number of aromatic nitrogens is 2. The van der Waals surface area contributed by atoms with E-state index in [1.807, 2.05) is 11.3 Å². The van der Waals surface area contributed by atoms with Crippen LogP contribution in [0.15, 0.2) is 206 Å². The molecule has 61 heavy (non-hydrogen) atoms. The maximum atomic E-state index is 2.49. The first-order valence-corrected chi connectivity index (χ1v) is 21.8. The third kappa shape index (κ3) is 4.67. The molecule has 0 unspecified atom stereocenters. The molecule has 0 aliphatic heterocycles. The summed E-state index contributed by atoms with van der Waals surface area (Å²) in [7, 11) is 0. The number of rotatable bonds is 4. The number of thiophene rings is 1. The van der Waals surface area contributed by atoms with Gasteiger partial charge in [-0.3, -0.25) is 0 Å². The van der Waals surface area contributed by atoms with Gasteiger partial charge in [0.1, 0.15) is 0 Å². The lowest BCUT2D eigenvalue weighted by molar-refractivity contribution is 1.18. The second kappa shape index (κ2) is 12.4. The van der Waals surface area contributed by atoms with Crippen molar-refractivity contribution in [2.75, 3.05) is 0 Å². The van der Waals surface area contributed by atoms with Crippen LogP contribution in [0.3, 0.4) is 0 Å². The van der Waals surface area contributed by atoms with Gasteiger partial charge in [-0.2, -0.15) is 0 Å². The largest absolute Gasteiger partial charge is 0.309 e. The van der Waals surface area contributed by atoms with Crippen LogP contribution in [0.1, 0.15) is 0 Å².